The number of primary amides is 1. The number of aromatic nitrogens is 2. The van der Waals surface area contributed by atoms with Crippen LogP contribution in [0.25, 0.3) is 0 Å². The minimum Gasteiger partial charge on any atom is -0.411 e. The highest BCUT2D eigenvalue weighted by Crippen LogP contribution is 2.26. The van der Waals surface area contributed by atoms with Gasteiger partial charge in [0, 0.05) is 17.7 Å². The van der Waals surface area contributed by atoms with Crippen LogP contribution in [0.4, 0.5) is 0 Å². The van der Waals surface area contributed by atoms with E-state index in [1.54, 1.807) is 11.8 Å². The molecule has 0 saturated carbocycles. The van der Waals surface area contributed by atoms with Crippen LogP contribution in [0.3, 0.4) is 0 Å². The molecule has 1 aliphatic heterocycles. The van der Waals surface area contributed by atoms with Gasteiger partial charge in [0.25, 0.3) is 5.91 Å². The van der Waals surface area contributed by atoms with Gasteiger partial charge in [-0.05, 0) is 5.75 Å². The molecule has 1 amide bonds. The Balaban J connectivity index is 2.53. The van der Waals surface area contributed by atoms with Crippen LogP contribution in [-0.4, -0.2) is 26.8 Å². The zero-order chi connectivity index (χ0) is 9.42. The monoisotopic (exact) mass is 199 g/mol. The molecule has 13 heavy (non-hydrogen) atoms. The second kappa shape index (κ2) is 2.95. The maximum atomic E-state index is 10.9. The molecule has 5 nitrogen and oxygen atoms in total. The van der Waals surface area contributed by atoms with Crippen LogP contribution in [0.15, 0.2) is 0 Å². The molecule has 0 radical (unpaired) electrons. The Morgan fingerprint density at radius 2 is 2.46 bits per heavy atom. The zero-order valence-electron chi connectivity index (χ0n) is 6.86. The second-order valence-corrected chi connectivity index (χ2v) is 3.94. The van der Waals surface area contributed by atoms with Crippen LogP contribution in [0.5, 0.6) is 0 Å². The third kappa shape index (κ3) is 1.27. The van der Waals surface area contributed by atoms with E-state index in [0.717, 1.165) is 22.6 Å². The Labute approximate surface area is 78.9 Å². The van der Waals surface area contributed by atoms with Gasteiger partial charge in [-0.1, -0.05) is 0 Å². The number of nitrogens with zero attached hydrogens (tertiary/aromatic N) is 2. The lowest BCUT2D eigenvalue weighted by molar-refractivity contribution is 0.0979. The summed E-state index contributed by atoms with van der Waals surface area (Å²) in [5.41, 5.74) is 6.81. The molecular formula is C7H9N3O2S. The molecule has 1 aromatic heterocycles. The van der Waals surface area contributed by atoms with Crippen molar-refractivity contribution >= 4 is 17.7 Å². The van der Waals surface area contributed by atoms with Gasteiger partial charge in [0.2, 0.25) is 0 Å². The normalized spacial score (nSPS) is 15.4. The number of carbonyl (C=O) groups is 1. The van der Waals surface area contributed by atoms with Crippen LogP contribution >= 0.6 is 11.8 Å². The van der Waals surface area contributed by atoms with Crippen molar-refractivity contribution in [3.05, 3.63) is 17.0 Å². The fraction of sp³-hybridized carbons (Fsp3) is 0.429. The van der Waals surface area contributed by atoms with Gasteiger partial charge in [-0.2, -0.15) is 11.8 Å². The molecule has 1 aliphatic rings. The largest absolute Gasteiger partial charge is 0.411 e. The molecule has 2 rings (SSSR count). The number of nitrogens with two attached hydrogens (primary N) is 1. The summed E-state index contributed by atoms with van der Waals surface area (Å²) in [7, 11) is 0. The van der Waals surface area contributed by atoms with Crippen molar-refractivity contribution in [2.45, 2.75) is 12.2 Å². The molecule has 0 unspecified atom stereocenters. The summed E-state index contributed by atoms with van der Waals surface area (Å²) in [6, 6.07) is 0. The van der Waals surface area contributed by atoms with Crippen molar-refractivity contribution < 1.29 is 10.0 Å². The molecular weight excluding hydrogens is 190 g/mol. The Kier molecular flexibility index (Phi) is 1.91. The Morgan fingerprint density at radius 3 is 3.15 bits per heavy atom. The first kappa shape index (κ1) is 8.43. The number of hydrogen-bond acceptors (Lipinski definition) is 4. The minimum atomic E-state index is -0.577. The van der Waals surface area contributed by atoms with E-state index in [-0.39, 0.29) is 5.69 Å². The molecule has 0 bridgehead atoms. The molecule has 0 saturated heterocycles. The van der Waals surface area contributed by atoms with E-state index in [1.165, 1.54) is 0 Å². The Hall–Kier alpha value is -1.17. The summed E-state index contributed by atoms with van der Waals surface area (Å²) in [6.45, 7) is 0. The van der Waals surface area contributed by atoms with Crippen LogP contribution in [-0.2, 0) is 12.2 Å². The van der Waals surface area contributed by atoms with Crippen LogP contribution < -0.4 is 5.73 Å². The van der Waals surface area contributed by atoms with Gasteiger partial charge >= 0.3 is 0 Å². The van der Waals surface area contributed by atoms with Gasteiger partial charge in [0.15, 0.2) is 5.69 Å². The van der Waals surface area contributed by atoms with E-state index < -0.39 is 5.91 Å². The van der Waals surface area contributed by atoms with E-state index >= 15 is 0 Å². The fourth-order valence-corrected chi connectivity index (χ4v) is 2.41. The van der Waals surface area contributed by atoms with E-state index in [2.05, 4.69) is 5.10 Å². The number of amides is 1. The lowest BCUT2D eigenvalue weighted by Gasteiger charge is -2.10. The van der Waals surface area contributed by atoms with Crippen LogP contribution in [0.1, 0.15) is 21.7 Å². The van der Waals surface area contributed by atoms with E-state index in [0.29, 0.717) is 11.4 Å². The van der Waals surface area contributed by atoms with Gasteiger partial charge in [-0.15, -0.1) is 9.94 Å². The van der Waals surface area contributed by atoms with E-state index in [4.69, 9.17) is 5.73 Å². The van der Waals surface area contributed by atoms with Gasteiger partial charge in [-0.3, -0.25) is 4.79 Å². The molecule has 2 heterocycles. The number of hydrogen-bond donors (Lipinski definition) is 2. The molecule has 0 spiro atoms. The van der Waals surface area contributed by atoms with Crippen LogP contribution in [0, 0.1) is 0 Å². The highest BCUT2D eigenvalue weighted by molar-refractivity contribution is 7.98. The van der Waals surface area contributed by atoms with E-state index in [9.17, 15) is 10.0 Å². The number of carbonyl (C=O) groups excluding carboxylic acids is 1. The summed E-state index contributed by atoms with van der Waals surface area (Å²) < 4.78 is 0. The Morgan fingerprint density at radius 1 is 1.69 bits per heavy atom. The van der Waals surface area contributed by atoms with Gasteiger partial charge in [-0.25, -0.2) is 0 Å². The van der Waals surface area contributed by atoms with Crippen molar-refractivity contribution in [3.63, 3.8) is 0 Å². The lowest BCUT2D eigenvalue weighted by Crippen LogP contribution is -2.14. The first-order valence-corrected chi connectivity index (χ1v) is 5.03. The lowest BCUT2D eigenvalue weighted by atomic mass is 10.1. The number of fused-ring (bicyclic) bond motifs is 1. The maximum absolute atomic E-state index is 10.9. The smallest absolute Gasteiger partial charge is 0.269 e. The predicted molar refractivity (Wildman–Crippen MR) is 47.8 cm³/mol. The molecule has 1 aromatic rings. The third-order valence-corrected chi connectivity index (χ3v) is 3.02. The SMILES string of the molecule is NC(=O)c1nn(O)c2c1CSCC2. The number of rotatable bonds is 1. The van der Waals surface area contributed by atoms with Crippen LogP contribution in [0.2, 0.25) is 0 Å². The van der Waals surface area contributed by atoms with Crippen molar-refractivity contribution in [2.24, 2.45) is 5.73 Å². The summed E-state index contributed by atoms with van der Waals surface area (Å²) in [5.74, 6) is 1.07. The number of thioether (sulfide) groups is 1. The molecule has 0 atom stereocenters. The maximum Gasteiger partial charge on any atom is 0.269 e. The second-order valence-electron chi connectivity index (χ2n) is 2.83. The summed E-state index contributed by atoms with van der Waals surface area (Å²) in [4.78, 5) is 11.7. The molecule has 0 aliphatic carbocycles. The quantitative estimate of drug-likeness (QED) is 0.624. The fourth-order valence-electron chi connectivity index (χ4n) is 1.42. The first-order valence-electron chi connectivity index (χ1n) is 3.87. The van der Waals surface area contributed by atoms with Crippen molar-refractivity contribution in [1.82, 2.24) is 9.94 Å². The average molecular weight is 199 g/mol. The molecule has 70 valence electrons. The third-order valence-electron chi connectivity index (χ3n) is 2.03. The predicted octanol–water partition coefficient (Wildman–Crippen LogP) is 0.00860. The molecule has 0 aromatic carbocycles. The first-order chi connectivity index (χ1) is 6.20. The summed E-state index contributed by atoms with van der Waals surface area (Å²) >= 11 is 1.71. The zero-order valence-corrected chi connectivity index (χ0v) is 7.67. The minimum absolute atomic E-state index is 0.199. The topological polar surface area (TPSA) is 81.1 Å². The Bertz CT molecular complexity index is 361. The average Bonchev–Trinajstić information content (AvgIpc) is 2.45. The van der Waals surface area contributed by atoms with Crippen molar-refractivity contribution in [3.8, 4) is 0 Å². The van der Waals surface area contributed by atoms with Crippen molar-refractivity contribution in [2.75, 3.05) is 5.75 Å². The highest BCUT2D eigenvalue weighted by Gasteiger charge is 2.23. The molecule has 3 N–H and O–H groups in total. The van der Waals surface area contributed by atoms with Gasteiger partial charge in [0.1, 0.15) is 0 Å². The molecule has 0 fully saturated rings. The highest BCUT2D eigenvalue weighted by atomic mass is 32.2. The van der Waals surface area contributed by atoms with E-state index in [1.807, 2.05) is 0 Å². The summed E-state index contributed by atoms with van der Waals surface area (Å²) in [6.07, 6.45) is 0.733. The standard InChI is InChI=1S/C7H9N3O2S/c8-7(11)6-4-3-13-2-1-5(4)10(12)9-6/h12H,1-3H2,(H2,8,11). The van der Waals surface area contributed by atoms with Gasteiger partial charge < -0.3 is 10.9 Å². The summed E-state index contributed by atoms with van der Waals surface area (Å²) in [5, 5.41) is 13.0. The van der Waals surface area contributed by atoms with Gasteiger partial charge in [0.05, 0.1) is 5.69 Å². The molecule has 6 heteroatoms. The van der Waals surface area contributed by atoms with Crippen molar-refractivity contribution in [1.29, 1.82) is 0 Å².